The van der Waals surface area contributed by atoms with Crippen LogP contribution in [-0.2, 0) is 4.79 Å². The first kappa shape index (κ1) is 17.1. The molecule has 2 N–H and O–H groups in total. The van der Waals surface area contributed by atoms with E-state index in [9.17, 15) is 9.90 Å². The fourth-order valence-corrected chi connectivity index (χ4v) is 4.84. The minimum Gasteiger partial charge on any atom is -0.508 e. The van der Waals surface area contributed by atoms with Crippen molar-refractivity contribution in [1.29, 1.82) is 0 Å². The molecule has 0 radical (unpaired) electrons. The predicted octanol–water partition coefficient (Wildman–Crippen LogP) is 5.75. The highest BCUT2D eigenvalue weighted by molar-refractivity contribution is 6.04. The number of anilines is 1. The van der Waals surface area contributed by atoms with E-state index in [0.717, 1.165) is 45.3 Å². The number of benzene rings is 3. The molecule has 0 aromatic heterocycles. The zero-order chi connectivity index (χ0) is 19.5. The maximum atomic E-state index is 13.3. The van der Waals surface area contributed by atoms with Crippen LogP contribution >= 0.6 is 0 Å². The summed E-state index contributed by atoms with van der Waals surface area (Å²) in [6.07, 6.45) is 1.39. The van der Waals surface area contributed by atoms with E-state index in [1.165, 1.54) is 0 Å². The van der Waals surface area contributed by atoms with E-state index in [4.69, 9.17) is 0 Å². The number of fused-ring (bicyclic) bond motifs is 3. The van der Waals surface area contributed by atoms with Gasteiger partial charge in [0.15, 0.2) is 5.78 Å². The van der Waals surface area contributed by atoms with Gasteiger partial charge in [0.1, 0.15) is 5.75 Å². The molecule has 3 aromatic rings. The summed E-state index contributed by atoms with van der Waals surface area (Å²) >= 11 is 0. The summed E-state index contributed by atoms with van der Waals surface area (Å²) in [5.74, 6) is 0.252. The Bertz CT molecular complexity index is 1160. The molecule has 0 unspecified atom stereocenters. The average Bonchev–Trinajstić information content (AvgIpc) is 2.65. The van der Waals surface area contributed by atoms with E-state index in [-0.39, 0.29) is 22.9 Å². The molecule has 2 aliphatic rings. The molecule has 0 spiro atoms. The van der Waals surface area contributed by atoms with Gasteiger partial charge in [-0.15, -0.1) is 0 Å². The van der Waals surface area contributed by atoms with Crippen LogP contribution in [0, 0.1) is 5.41 Å². The first-order valence-corrected chi connectivity index (χ1v) is 9.77. The van der Waals surface area contributed by atoms with E-state index in [1.54, 1.807) is 12.1 Å². The zero-order valence-electron chi connectivity index (χ0n) is 16.1. The smallest absolute Gasteiger partial charge is 0.162 e. The van der Waals surface area contributed by atoms with E-state index in [2.05, 4.69) is 43.4 Å². The number of hydrogen-bond acceptors (Lipinski definition) is 3. The summed E-state index contributed by atoms with van der Waals surface area (Å²) < 4.78 is 0. The lowest BCUT2D eigenvalue weighted by atomic mass is 9.68. The number of allylic oxidation sites excluding steroid dienone is 2. The Hall–Kier alpha value is -3.07. The van der Waals surface area contributed by atoms with Gasteiger partial charge in [-0.2, -0.15) is 0 Å². The van der Waals surface area contributed by atoms with Crippen LogP contribution < -0.4 is 5.32 Å². The van der Waals surface area contributed by atoms with Crippen molar-refractivity contribution in [1.82, 2.24) is 0 Å². The van der Waals surface area contributed by atoms with Crippen LogP contribution in [0.15, 0.2) is 71.9 Å². The van der Waals surface area contributed by atoms with Crippen LogP contribution in [0.2, 0.25) is 0 Å². The third-order valence-electron chi connectivity index (χ3n) is 5.96. The second-order valence-corrected chi connectivity index (χ2v) is 8.73. The molecule has 0 fully saturated rings. The third-order valence-corrected chi connectivity index (χ3v) is 5.96. The maximum Gasteiger partial charge on any atom is 0.162 e. The number of phenols is 1. The Morgan fingerprint density at radius 2 is 1.82 bits per heavy atom. The highest BCUT2D eigenvalue weighted by Crippen LogP contribution is 2.51. The monoisotopic (exact) mass is 369 g/mol. The molecule has 3 heteroatoms. The average molecular weight is 369 g/mol. The molecule has 5 rings (SSSR count). The van der Waals surface area contributed by atoms with Gasteiger partial charge in [0.25, 0.3) is 0 Å². The number of hydrogen-bond donors (Lipinski definition) is 2. The minimum atomic E-state index is -0.173. The summed E-state index contributed by atoms with van der Waals surface area (Å²) in [5, 5.41) is 16.0. The molecule has 0 bridgehead atoms. The van der Waals surface area contributed by atoms with Crippen molar-refractivity contribution >= 4 is 22.2 Å². The normalized spacial score (nSPS) is 20.5. The molecule has 0 saturated carbocycles. The second-order valence-electron chi connectivity index (χ2n) is 8.73. The van der Waals surface area contributed by atoms with Gasteiger partial charge in [0, 0.05) is 29.3 Å². The van der Waals surface area contributed by atoms with Crippen molar-refractivity contribution in [3.05, 3.63) is 83.1 Å². The number of carbonyl (C=O) groups excluding carboxylic acids is 1. The summed E-state index contributed by atoms with van der Waals surface area (Å²) in [7, 11) is 0. The number of rotatable bonds is 1. The number of carbonyl (C=O) groups is 1. The van der Waals surface area contributed by atoms with E-state index >= 15 is 0 Å². The van der Waals surface area contributed by atoms with E-state index < -0.39 is 0 Å². The van der Waals surface area contributed by atoms with Gasteiger partial charge in [-0.05, 0) is 51.9 Å². The van der Waals surface area contributed by atoms with Gasteiger partial charge in [-0.3, -0.25) is 4.79 Å². The molecule has 0 amide bonds. The number of aromatic hydroxyl groups is 1. The second kappa shape index (κ2) is 5.96. The van der Waals surface area contributed by atoms with Crippen molar-refractivity contribution in [2.75, 3.05) is 5.32 Å². The first-order chi connectivity index (χ1) is 13.4. The Balaban J connectivity index is 1.83. The number of phenolic OH excluding ortho intramolecular Hbond substituents is 1. The third kappa shape index (κ3) is 2.62. The number of Topliss-reactive ketones (excluding diaryl/α,β-unsaturated/α-hetero) is 1. The molecule has 0 saturated heterocycles. The molecule has 1 aliphatic heterocycles. The lowest BCUT2D eigenvalue weighted by Gasteiger charge is -2.40. The summed E-state index contributed by atoms with van der Waals surface area (Å²) in [6, 6.07) is 19.9. The van der Waals surface area contributed by atoms with Gasteiger partial charge >= 0.3 is 0 Å². The molecular weight excluding hydrogens is 346 g/mol. The molecule has 28 heavy (non-hydrogen) atoms. The fourth-order valence-electron chi connectivity index (χ4n) is 4.84. The fraction of sp³-hybridized carbons (Fsp3) is 0.240. The molecule has 140 valence electrons. The van der Waals surface area contributed by atoms with Crippen LogP contribution in [-0.4, -0.2) is 10.9 Å². The van der Waals surface area contributed by atoms with Crippen LogP contribution in [0.3, 0.4) is 0 Å². The van der Waals surface area contributed by atoms with Crippen molar-refractivity contribution in [3.63, 3.8) is 0 Å². The zero-order valence-corrected chi connectivity index (χ0v) is 16.1. The highest BCUT2D eigenvalue weighted by Gasteiger charge is 2.41. The lowest BCUT2D eigenvalue weighted by molar-refractivity contribution is -0.118. The van der Waals surface area contributed by atoms with Crippen molar-refractivity contribution in [3.8, 4) is 5.75 Å². The van der Waals surface area contributed by atoms with Crippen molar-refractivity contribution < 1.29 is 9.90 Å². The van der Waals surface area contributed by atoms with Crippen LogP contribution in [0.1, 0.15) is 43.7 Å². The Labute approximate surface area is 164 Å². The lowest BCUT2D eigenvalue weighted by Crippen LogP contribution is -2.33. The largest absolute Gasteiger partial charge is 0.508 e. The Kier molecular flexibility index (Phi) is 3.63. The van der Waals surface area contributed by atoms with Gasteiger partial charge in [-0.1, -0.05) is 56.3 Å². The molecule has 1 aliphatic carbocycles. The molecule has 1 heterocycles. The highest BCUT2D eigenvalue weighted by atomic mass is 16.3. The first-order valence-electron chi connectivity index (χ1n) is 9.77. The Morgan fingerprint density at radius 3 is 2.64 bits per heavy atom. The standard InChI is InChI=1S/C25H23NO2/c1-25(2)13-20-24(21(28)14-25)22(16-7-5-8-17(27)12-16)23-18-9-4-3-6-15(18)10-11-19(23)26-20/h3-12,22,26-27H,13-14H2,1-2H3/t22-/m1/s1. The number of nitrogens with one attached hydrogen (secondary N) is 1. The van der Waals surface area contributed by atoms with Gasteiger partial charge in [-0.25, -0.2) is 0 Å². The molecule has 3 nitrogen and oxygen atoms in total. The molecule has 3 aromatic carbocycles. The van der Waals surface area contributed by atoms with E-state index in [0.29, 0.717) is 6.42 Å². The predicted molar refractivity (Wildman–Crippen MR) is 113 cm³/mol. The summed E-state index contributed by atoms with van der Waals surface area (Å²) in [6.45, 7) is 4.30. The topological polar surface area (TPSA) is 49.3 Å². The molecule has 1 atom stereocenters. The quantitative estimate of drug-likeness (QED) is 0.574. The van der Waals surface area contributed by atoms with Crippen molar-refractivity contribution in [2.45, 2.75) is 32.6 Å². The van der Waals surface area contributed by atoms with Crippen molar-refractivity contribution in [2.24, 2.45) is 5.41 Å². The number of ketones is 1. The summed E-state index contributed by atoms with van der Waals surface area (Å²) in [5.41, 5.74) is 4.96. The van der Waals surface area contributed by atoms with Gasteiger partial charge in [0.2, 0.25) is 0 Å². The van der Waals surface area contributed by atoms with Gasteiger partial charge < -0.3 is 10.4 Å². The maximum absolute atomic E-state index is 13.3. The van der Waals surface area contributed by atoms with E-state index in [1.807, 2.05) is 24.3 Å². The van der Waals surface area contributed by atoms with Crippen LogP contribution in [0.4, 0.5) is 5.69 Å². The summed E-state index contributed by atoms with van der Waals surface area (Å²) in [4.78, 5) is 13.3. The minimum absolute atomic E-state index is 0.0549. The van der Waals surface area contributed by atoms with Crippen LogP contribution in [0.25, 0.3) is 10.8 Å². The van der Waals surface area contributed by atoms with Gasteiger partial charge in [0.05, 0.1) is 0 Å². The molecular formula is C25H23NO2. The SMILES string of the molecule is CC1(C)CC(=O)C2=C(C1)Nc1ccc3ccccc3c1[C@H]2c1cccc(O)c1. The Morgan fingerprint density at radius 1 is 1.00 bits per heavy atom. The van der Waals surface area contributed by atoms with Crippen LogP contribution in [0.5, 0.6) is 5.75 Å².